The quantitative estimate of drug-likeness (QED) is 0.569. The fourth-order valence-corrected chi connectivity index (χ4v) is 3.08. The molecule has 0 aliphatic carbocycles. The first-order valence-corrected chi connectivity index (χ1v) is 9.45. The molecule has 0 aromatic heterocycles. The predicted octanol–water partition coefficient (Wildman–Crippen LogP) is 3.21. The summed E-state index contributed by atoms with van der Waals surface area (Å²) >= 11 is 6.67. The molecule has 0 saturated heterocycles. The van der Waals surface area contributed by atoms with E-state index in [1.807, 2.05) is 0 Å². The van der Waals surface area contributed by atoms with Crippen LogP contribution in [-0.2, 0) is 9.59 Å². The van der Waals surface area contributed by atoms with Crippen molar-refractivity contribution in [3.63, 3.8) is 0 Å². The highest BCUT2D eigenvalue weighted by molar-refractivity contribution is 9.11. The molecule has 1 unspecified atom stereocenters. The molecule has 0 aliphatic heterocycles. The van der Waals surface area contributed by atoms with Crippen molar-refractivity contribution in [3.05, 3.63) is 51.4 Å². The Labute approximate surface area is 173 Å². The van der Waals surface area contributed by atoms with Gasteiger partial charge in [0.15, 0.2) is 12.7 Å². The minimum absolute atomic E-state index is 0.256. The first kappa shape index (κ1) is 21.0. The Morgan fingerprint density at radius 3 is 2.33 bits per heavy atom. The number of benzene rings is 2. The van der Waals surface area contributed by atoms with E-state index in [4.69, 9.17) is 14.2 Å². The lowest BCUT2D eigenvalue weighted by atomic mass is 10.3. The molecule has 2 aromatic rings. The zero-order valence-corrected chi connectivity index (χ0v) is 17.8. The molecule has 0 spiro atoms. The molecule has 2 rings (SSSR count). The standard InChI is InChI=1S/C18H18Br2N2O5/c1-11(27-14-6-4-13(25-2)5-7-14)18(24)22-21-17(23)10-26-16-8-3-12(19)9-15(16)20/h3-9,11H,10H2,1-2H3,(H,21,23)(H,22,24). The number of methoxy groups -OCH3 is 1. The van der Waals surface area contributed by atoms with Gasteiger partial charge < -0.3 is 14.2 Å². The van der Waals surface area contributed by atoms with E-state index in [1.54, 1.807) is 56.5 Å². The average Bonchev–Trinajstić information content (AvgIpc) is 2.66. The van der Waals surface area contributed by atoms with E-state index in [9.17, 15) is 9.59 Å². The Kier molecular flexibility index (Phi) is 7.93. The monoisotopic (exact) mass is 500 g/mol. The summed E-state index contributed by atoms with van der Waals surface area (Å²) in [5.41, 5.74) is 4.58. The van der Waals surface area contributed by atoms with Crippen molar-refractivity contribution >= 4 is 43.7 Å². The van der Waals surface area contributed by atoms with Crippen LogP contribution in [0.5, 0.6) is 17.2 Å². The van der Waals surface area contributed by atoms with Crippen molar-refractivity contribution in [2.24, 2.45) is 0 Å². The van der Waals surface area contributed by atoms with E-state index in [0.29, 0.717) is 21.7 Å². The van der Waals surface area contributed by atoms with Crippen LogP contribution in [0, 0.1) is 0 Å². The first-order chi connectivity index (χ1) is 12.9. The van der Waals surface area contributed by atoms with Crippen molar-refractivity contribution < 1.29 is 23.8 Å². The first-order valence-electron chi connectivity index (χ1n) is 7.86. The second-order valence-corrected chi connectivity index (χ2v) is 7.11. The molecule has 0 aliphatic rings. The smallest absolute Gasteiger partial charge is 0.279 e. The average molecular weight is 502 g/mol. The van der Waals surface area contributed by atoms with Gasteiger partial charge in [0.25, 0.3) is 11.8 Å². The number of hydrazine groups is 1. The van der Waals surface area contributed by atoms with Gasteiger partial charge in [-0.05, 0) is 65.3 Å². The lowest BCUT2D eigenvalue weighted by molar-refractivity contribution is -0.133. The number of halogens is 2. The minimum atomic E-state index is -0.805. The van der Waals surface area contributed by atoms with Crippen molar-refractivity contribution in [1.82, 2.24) is 10.9 Å². The van der Waals surface area contributed by atoms with Crippen molar-refractivity contribution in [1.29, 1.82) is 0 Å². The third kappa shape index (κ3) is 6.76. The summed E-state index contributed by atoms with van der Waals surface area (Å²) in [6, 6.07) is 12.1. The highest BCUT2D eigenvalue weighted by Gasteiger charge is 2.16. The van der Waals surface area contributed by atoms with Crippen molar-refractivity contribution in [3.8, 4) is 17.2 Å². The van der Waals surface area contributed by atoms with Gasteiger partial charge in [-0.25, -0.2) is 0 Å². The molecular formula is C18H18Br2N2O5. The topological polar surface area (TPSA) is 85.9 Å². The molecular weight excluding hydrogens is 484 g/mol. The molecule has 9 heteroatoms. The van der Waals surface area contributed by atoms with Crippen molar-refractivity contribution in [2.45, 2.75) is 13.0 Å². The summed E-state index contributed by atoms with van der Waals surface area (Å²) in [5.74, 6) is 0.701. The molecule has 1 atom stereocenters. The van der Waals surface area contributed by atoms with E-state index < -0.39 is 17.9 Å². The number of hydrogen-bond acceptors (Lipinski definition) is 5. The SMILES string of the molecule is COc1ccc(OC(C)C(=O)NNC(=O)COc2ccc(Br)cc2Br)cc1. The lowest BCUT2D eigenvalue weighted by Gasteiger charge is -2.15. The molecule has 27 heavy (non-hydrogen) atoms. The number of hydrogen-bond donors (Lipinski definition) is 2. The number of carbonyl (C=O) groups is 2. The second-order valence-electron chi connectivity index (χ2n) is 5.34. The molecule has 0 radical (unpaired) electrons. The third-order valence-corrected chi connectivity index (χ3v) is 4.43. The van der Waals surface area contributed by atoms with Gasteiger partial charge in [-0.3, -0.25) is 20.4 Å². The second kappa shape index (κ2) is 10.2. The van der Waals surface area contributed by atoms with E-state index in [-0.39, 0.29) is 6.61 Å². The molecule has 0 fully saturated rings. The molecule has 0 bridgehead atoms. The van der Waals surface area contributed by atoms with Gasteiger partial charge >= 0.3 is 0 Å². The summed E-state index contributed by atoms with van der Waals surface area (Å²) in [4.78, 5) is 23.8. The van der Waals surface area contributed by atoms with E-state index in [0.717, 1.165) is 4.47 Å². The Hall–Kier alpha value is -2.26. The number of carbonyl (C=O) groups excluding carboxylic acids is 2. The number of rotatable bonds is 7. The van der Waals surface area contributed by atoms with Crippen LogP contribution in [0.1, 0.15) is 6.92 Å². The van der Waals surface area contributed by atoms with Crippen LogP contribution in [0.2, 0.25) is 0 Å². The van der Waals surface area contributed by atoms with Gasteiger partial charge in [-0.15, -0.1) is 0 Å². The molecule has 2 N–H and O–H groups in total. The molecule has 0 saturated carbocycles. The van der Waals surface area contributed by atoms with E-state index in [1.165, 1.54) is 0 Å². The van der Waals surface area contributed by atoms with E-state index >= 15 is 0 Å². The van der Waals surface area contributed by atoms with Crippen LogP contribution in [0.3, 0.4) is 0 Å². The Morgan fingerprint density at radius 2 is 1.70 bits per heavy atom. The fraction of sp³-hybridized carbons (Fsp3) is 0.222. The summed E-state index contributed by atoms with van der Waals surface area (Å²) < 4.78 is 17.5. The van der Waals surface area contributed by atoms with Crippen LogP contribution < -0.4 is 25.1 Å². The number of amides is 2. The normalized spacial score (nSPS) is 11.3. The van der Waals surface area contributed by atoms with Gasteiger partial charge in [-0.2, -0.15) is 0 Å². The van der Waals surface area contributed by atoms with Gasteiger partial charge in [-0.1, -0.05) is 15.9 Å². The Balaban J connectivity index is 1.75. The van der Waals surface area contributed by atoms with Gasteiger partial charge in [0.2, 0.25) is 0 Å². The molecule has 2 amide bonds. The van der Waals surface area contributed by atoms with Crippen LogP contribution in [0.15, 0.2) is 51.4 Å². The van der Waals surface area contributed by atoms with Gasteiger partial charge in [0, 0.05) is 4.47 Å². The maximum Gasteiger partial charge on any atom is 0.279 e. The zero-order valence-electron chi connectivity index (χ0n) is 14.6. The van der Waals surface area contributed by atoms with E-state index in [2.05, 4.69) is 42.7 Å². The summed E-state index contributed by atoms with van der Waals surface area (Å²) in [6.07, 6.45) is -0.805. The lowest BCUT2D eigenvalue weighted by Crippen LogP contribution is -2.48. The predicted molar refractivity (Wildman–Crippen MR) is 107 cm³/mol. The van der Waals surface area contributed by atoms with Gasteiger partial charge in [0.1, 0.15) is 17.2 Å². The largest absolute Gasteiger partial charge is 0.497 e. The number of ether oxygens (including phenoxy) is 3. The molecule has 144 valence electrons. The van der Waals surface area contributed by atoms with Crippen molar-refractivity contribution in [2.75, 3.05) is 13.7 Å². The summed E-state index contributed by atoms with van der Waals surface area (Å²) in [7, 11) is 1.56. The summed E-state index contributed by atoms with van der Waals surface area (Å²) in [6.45, 7) is 1.31. The molecule has 0 heterocycles. The maximum absolute atomic E-state index is 12.0. The number of nitrogens with one attached hydrogen (secondary N) is 2. The van der Waals surface area contributed by atoms with Crippen LogP contribution >= 0.6 is 31.9 Å². The zero-order chi connectivity index (χ0) is 19.8. The Bertz CT molecular complexity index is 799. The molecule has 7 nitrogen and oxygen atoms in total. The Morgan fingerprint density at radius 1 is 1.04 bits per heavy atom. The molecule has 2 aromatic carbocycles. The fourth-order valence-electron chi connectivity index (χ4n) is 1.92. The highest BCUT2D eigenvalue weighted by Crippen LogP contribution is 2.28. The highest BCUT2D eigenvalue weighted by atomic mass is 79.9. The van der Waals surface area contributed by atoms with Crippen LogP contribution in [0.25, 0.3) is 0 Å². The van der Waals surface area contributed by atoms with Crippen LogP contribution in [0.4, 0.5) is 0 Å². The maximum atomic E-state index is 12.0. The third-order valence-electron chi connectivity index (χ3n) is 3.32. The minimum Gasteiger partial charge on any atom is -0.497 e. The summed E-state index contributed by atoms with van der Waals surface area (Å²) in [5, 5.41) is 0. The van der Waals surface area contributed by atoms with Crippen LogP contribution in [-0.4, -0.2) is 31.6 Å². The van der Waals surface area contributed by atoms with Gasteiger partial charge in [0.05, 0.1) is 11.6 Å².